The number of thioether (sulfide) groups is 1. The van der Waals surface area contributed by atoms with Crippen molar-refractivity contribution in [2.75, 3.05) is 20.5 Å². The number of hydrogen-bond donors (Lipinski definition) is 1. The molecule has 0 aliphatic heterocycles. The molecule has 0 amide bonds. The molecule has 1 aromatic rings. The Labute approximate surface area is 140 Å². The van der Waals surface area contributed by atoms with E-state index in [0.717, 1.165) is 27.8 Å². The molecule has 0 saturated heterocycles. The quantitative estimate of drug-likeness (QED) is 0.807. The number of methoxy groups -OCH3 is 2. The summed E-state index contributed by atoms with van der Waals surface area (Å²) in [6.45, 7) is 0.857. The van der Waals surface area contributed by atoms with Crippen LogP contribution in [-0.2, 0) is 6.54 Å². The van der Waals surface area contributed by atoms with E-state index < -0.39 is 0 Å². The Morgan fingerprint density at radius 2 is 1.76 bits per heavy atom. The Kier molecular flexibility index (Phi) is 6.71. The van der Waals surface area contributed by atoms with E-state index in [1.165, 1.54) is 31.2 Å². The Hall–Kier alpha value is -0.390. The van der Waals surface area contributed by atoms with Crippen molar-refractivity contribution in [2.45, 2.75) is 43.5 Å². The Morgan fingerprint density at radius 1 is 1.14 bits per heavy atom. The second-order valence-corrected chi connectivity index (χ2v) is 7.38. The van der Waals surface area contributed by atoms with Gasteiger partial charge in [0.05, 0.1) is 14.2 Å². The molecule has 1 saturated carbocycles. The van der Waals surface area contributed by atoms with Gasteiger partial charge in [0, 0.05) is 22.3 Å². The van der Waals surface area contributed by atoms with Gasteiger partial charge in [-0.2, -0.15) is 11.8 Å². The zero-order valence-corrected chi connectivity index (χ0v) is 15.4. The van der Waals surface area contributed by atoms with Crippen molar-refractivity contribution < 1.29 is 9.47 Å². The fraction of sp³-hybridized carbons (Fsp3) is 0.625. The molecule has 1 aliphatic rings. The van der Waals surface area contributed by atoms with Gasteiger partial charge in [0.1, 0.15) is 0 Å². The molecule has 2 rings (SSSR count). The molecule has 0 atom stereocenters. The molecule has 5 heteroatoms. The van der Waals surface area contributed by atoms with Crippen molar-refractivity contribution in [1.82, 2.24) is 5.32 Å². The van der Waals surface area contributed by atoms with Gasteiger partial charge in [-0.05, 0) is 49.6 Å². The van der Waals surface area contributed by atoms with Gasteiger partial charge >= 0.3 is 0 Å². The molecule has 21 heavy (non-hydrogen) atoms. The number of benzene rings is 1. The van der Waals surface area contributed by atoms with E-state index in [9.17, 15) is 0 Å². The maximum absolute atomic E-state index is 5.38. The summed E-state index contributed by atoms with van der Waals surface area (Å²) in [6, 6.07) is 4.65. The molecule has 0 spiro atoms. The van der Waals surface area contributed by atoms with Crippen molar-refractivity contribution in [2.24, 2.45) is 0 Å². The van der Waals surface area contributed by atoms with Crippen LogP contribution in [0.15, 0.2) is 16.6 Å². The molecule has 118 valence electrons. The second-order valence-electron chi connectivity index (χ2n) is 5.39. The summed E-state index contributed by atoms with van der Waals surface area (Å²) in [6.07, 6.45) is 7.42. The Bertz CT molecular complexity index is 462. The third-order valence-corrected chi connectivity index (χ3v) is 6.02. The summed E-state index contributed by atoms with van der Waals surface area (Å²) in [5, 5.41) is 4.53. The lowest BCUT2D eigenvalue weighted by Crippen LogP contribution is -2.33. The van der Waals surface area contributed by atoms with Gasteiger partial charge in [0.25, 0.3) is 0 Å². The average molecular weight is 374 g/mol. The predicted molar refractivity (Wildman–Crippen MR) is 93.6 cm³/mol. The van der Waals surface area contributed by atoms with Crippen LogP contribution in [0.5, 0.6) is 11.5 Å². The summed E-state index contributed by atoms with van der Waals surface area (Å²) < 4.78 is 11.7. The summed E-state index contributed by atoms with van der Waals surface area (Å²) in [5.74, 6) is 1.54. The predicted octanol–water partition coefficient (Wildman–Crippen LogP) is 4.23. The first-order valence-corrected chi connectivity index (χ1v) is 9.42. The van der Waals surface area contributed by atoms with E-state index in [-0.39, 0.29) is 0 Å². The first-order chi connectivity index (χ1) is 10.2. The van der Waals surface area contributed by atoms with Crippen LogP contribution < -0.4 is 14.8 Å². The molecule has 1 aliphatic carbocycles. The normalized spacial score (nSPS) is 22.1. The van der Waals surface area contributed by atoms with Crippen LogP contribution in [0.2, 0.25) is 0 Å². The van der Waals surface area contributed by atoms with Crippen LogP contribution in [0.3, 0.4) is 0 Å². The summed E-state index contributed by atoms with van der Waals surface area (Å²) in [5.41, 5.74) is 1.21. The van der Waals surface area contributed by atoms with Crippen molar-refractivity contribution in [1.29, 1.82) is 0 Å². The highest BCUT2D eigenvalue weighted by atomic mass is 79.9. The molecule has 0 unspecified atom stereocenters. The van der Waals surface area contributed by atoms with Gasteiger partial charge < -0.3 is 14.8 Å². The van der Waals surface area contributed by atoms with Crippen LogP contribution in [0.1, 0.15) is 31.2 Å². The molecule has 0 bridgehead atoms. The fourth-order valence-corrected chi connectivity index (χ4v) is 3.99. The van der Waals surface area contributed by atoms with E-state index in [1.807, 2.05) is 23.9 Å². The lowest BCUT2D eigenvalue weighted by atomic mass is 9.95. The minimum absolute atomic E-state index is 0.633. The van der Waals surface area contributed by atoms with Gasteiger partial charge in [-0.15, -0.1) is 0 Å². The Balaban J connectivity index is 1.94. The highest BCUT2D eigenvalue weighted by Gasteiger charge is 2.20. The van der Waals surface area contributed by atoms with Gasteiger partial charge in [-0.25, -0.2) is 0 Å². The molecule has 3 nitrogen and oxygen atoms in total. The minimum atomic E-state index is 0.633. The van der Waals surface area contributed by atoms with Gasteiger partial charge in [-0.3, -0.25) is 0 Å². The highest BCUT2D eigenvalue weighted by Crippen LogP contribution is 2.33. The smallest absolute Gasteiger partial charge is 0.161 e. The van der Waals surface area contributed by atoms with E-state index in [0.29, 0.717) is 6.04 Å². The fourth-order valence-electron chi connectivity index (χ4n) is 2.79. The van der Waals surface area contributed by atoms with Gasteiger partial charge in [0.2, 0.25) is 0 Å². The largest absolute Gasteiger partial charge is 0.493 e. The van der Waals surface area contributed by atoms with Crippen molar-refractivity contribution in [3.05, 3.63) is 22.2 Å². The zero-order chi connectivity index (χ0) is 15.2. The van der Waals surface area contributed by atoms with E-state index in [2.05, 4.69) is 27.5 Å². The first-order valence-electron chi connectivity index (χ1n) is 7.34. The zero-order valence-electron chi connectivity index (χ0n) is 12.9. The number of rotatable bonds is 6. The molecule has 0 radical (unpaired) electrons. The molecule has 0 aromatic heterocycles. The van der Waals surface area contributed by atoms with Crippen LogP contribution in [0.25, 0.3) is 0 Å². The summed E-state index contributed by atoms with van der Waals surface area (Å²) in [4.78, 5) is 0. The van der Waals surface area contributed by atoms with Crippen molar-refractivity contribution in [3.63, 3.8) is 0 Å². The third kappa shape index (κ3) is 4.54. The SMILES string of the molecule is COc1cc(Br)c(CNC2CCC(SC)CC2)cc1OC. The topological polar surface area (TPSA) is 30.5 Å². The van der Waals surface area contributed by atoms with E-state index in [4.69, 9.17) is 9.47 Å². The van der Waals surface area contributed by atoms with Crippen LogP contribution in [0.4, 0.5) is 0 Å². The molecule has 1 fully saturated rings. The van der Waals surface area contributed by atoms with Crippen molar-refractivity contribution in [3.8, 4) is 11.5 Å². The highest BCUT2D eigenvalue weighted by molar-refractivity contribution is 9.10. The van der Waals surface area contributed by atoms with Crippen LogP contribution in [-0.4, -0.2) is 31.8 Å². The van der Waals surface area contributed by atoms with Crippen molar-refractivity contribution >= 4 is 27.7 Å². The van der Waals surface area contributed by atoms with E-state index >= 15 is 0 Å². The van der Waals surface area contributed by atoms with Crippen LogP contribution in [0, 0.1) is 0 Å². The van der Waals surface area contributed by atoms with E-state index in [1.54, 1.807) is 14.2 Å². The molecule has 0 heterocycles. The second kappa shape index (κ2) is 8.30. The number of ether oxygens (including phenoxy) is 2. The number of halogens is 1. The molecular formula is C16H24BrNO2S. The van der Waals surface area contributed by atoms with Gasteiger partial charge in [0.15, 0.2) is 11.5 Å². The van der Waals surface area contributed by atoms with Gasteiger partial charge in [-0.1, -0.05) is 15.9 Å². The maximum Gasteiger partial charge on any atom is 0.161 e. The Morgan fingerprint density at radius 3 is 2.33 bits per heavy atom. The van der Waals surface area contributed by atoms with Crippen LogP contribution >= 0.6 is 27.7 Å². The number of nitrogens with one attached hydrogen (secondary N) is 1. The lowest BCUT2D eigenvalue weighted by molar-refractivity contribution is 0.353. The number of hydrogen-bond acceptors (Lipinski definition) is 4. The summed E-state index contributed by atoms with van der Waals surface area (Å²) in [7, 11) is 3.33. The monoisotopic (exact) mass is 373 g/mol. The molecule has 1 aromatic carbocycles. The standard InChI is InChI=1S/C16H24BrNO2S/c1-19-15-8-11(14(17)9-16(15)20-2)10-18-12-4-6-13(21-3)7-5-12/h8-9,12-13,18H,4-7,10H2,1-3H3. The molecule has 1 N–H and O–H groups in total. The average Bonchev–Trinajstić information content (AvgIpc) is 2.53. The first kappa shape index (κ1) is 17.0. The minimum Gasteiger partial charge on any atom is -0.493 e. The molecular weight excluding hydrogens is 350 g/mol. The maximum atomic E-state index is 5.38. The lowest BCUT2D eigenvalue weighted by Gasteiger charge is -2.28. The summed E-state index contributed by atoms with van der Waals surface area (Å²) >= 11 is 5.63. The third-order valence-electron chi connectivity index (χ3n) is 4.14.